The number of amides is 2. The third-order valence-corrected chi connectivity index (χ3v) is 5.84. The van der Waals surface area contributed by atoms with Gasteiger partial charge in [0, 0.05) is 38.6 Å². The van der Waals surface area contributed by atoms with Gasteiger partial charge in [0.05, 0.1) is 24.2 Å². The lowest BCUT2D eigenvalue weighted by Gasteiger charge is -2.46. The number of carbonyl (C=O) groups is 2. The van der Waals surface area contributed by atoms with Crippen LogP contribution in [0, 0.1) is 5.41 Å². The maximum absolute atomic E-state index is 12.6. The van der Waals surface area contributed by atoms with Crippen LogP contribution in [-0.2, 0) is 0 Å². The largest absolute Gasteiger partial charge is 0.339 e. The van der Waals surface area contributed by atoms with E-state index in [1.807, 2.05) is 9.80 Å². The van der Waals surface area contributed by atoms with Gasteiger partial charge in [0.2, 0.25) is 0 Å². The van der Waals surface area contributed by atoms with Gasteiger partial charge >= 0.3 is 0 Å². The minimum atomic E-state index is -0.0456. The zero-order valence-corrected chi connectivity index (χ0v) is 15.1. The number of hydrogen-bond acceptors (Lipinski definition) is 6. The van der Waals surface area contributed by atoms with Crippen LogP contribution in [0.4, 0.5) is 0 Å². The predicted molar refractivity (Wildman–Crippen MR) is 96.8 cm³/mol. The van der Waals surface area contributed by atoms with Crippen LogP contribution in [0.25, 0.3) is 0 Å². The monoisotopic (exact) mass is 366 g/mol. The molecule has 2 aromatic rings. The summed E-state index contributed by atoms with van der Waals surface area (Å²) in [5.41, 5.74) is 1.22. The van der Waals surface area contributed by atoms with E-state index in [0.717, 1.165) is 51.9 Å². The van der Waals surface area contributed by atoms with Gasteiger partial charge in [-0.25, -0.2) is 4.98 Å². The number of carbonyl (C=O) groups excluding carboxylic acids is 2. The minimum absolute atomic E-state index is 0.0232. The first kappa shape index (κ1) is 17.5. The maximum Gasteiger partial charge on any atom is 0.274 e. The van der Waals surface area contributed by atoms with E-state index in [2.05, 4.69) is 20.2 Å². The van der Waals surface area contributed by atoms with E-state index < -0.39 is 0 Å². The van der Waals surface area contributed by atoms with Crippen molar-refractivity contribution in [3.63, 3.8) is 0 Å². The Labute approximate surface area is 157 Å². The van der Waals surface area contributed by atoms with E-state index in [-0.39, 0.29) is 17.2 Å². The summed E-state index contributed by atoms with van der Waals surface area (Å²) in [4.78, 5) is 36.9. The molecule has 4 heterocycles. The first-order valence-electron chi connectivity index (χ1n) is 9.28. The van der Waals surface area contributed by atoms with Gasteiger partial charge in [0.1, 0.15) is 5.69 Å². The fourth-order valence-corrected chi connectivity index (χ4v) is 4.04. The topological polar surface area (TPSA) is 92.2 Å². The van der Waals surface area contributed by atoms with Crippen LogP contribution in [0.3, 0.4) is 0 Å². The summed E-state index contributed by atoms with van der Waals surface area (Å²) in [6, 6.07) is 1.70. The third-order valence-electron chi connectivity index (χ3n) is 5.84. The van der Waals surface area contributed by atoms with Crippen LogP contribution in [0.15, 0.2) is 37.1 Å². The molecule has 140 valence electrons. The first-order valence-corrected chi connectivity index (χ1v) is 9.28. The van der Waals surface area contributed by atoms with E-state index in [9.17, 15) is 9.59 Å². The van der Waals surface area contributed by atoms with Gasteiger partial charge in [-0.15, -0.1) is 0 Å². The molecule has 2 aliphatic heterocycles. The SMILES string of the molecule is O=C(c1ccnnc1)N1CCC2(CC1)CCN(C(=O)c1cnccn1)CC2. The van der Waals surface area contributed by atoms with Gasteiger partial charge < -0.3 is 9.80 Å². The van der Waals surface area contributed by atoms with Crippen molar-refractivity contribution in [2.75, 3.05) is 26.2 Å². The van der Waals surface area contributed by atoms with E-state index in [1.165, 1.54) is 12.4 Å². The average molecular weight is 366 g/mol. The highest BCUT2D eigenvalue weighted by Crippen LogP contribution is 2.41. The maximum atomic E-state index is 12.6. The van der Waals surface area contributed by atoms with Crippen LogP contribution in [0.5, 0.6) is 0 Å². The average Bonchev–Trinajstić information content (AvgIpc) is 2.75. The highest BCUT2D eigenvalue weighted by Gasteiger charge is 2.39. The number of rotatable bonds is 2. The van der Waals surface area contributed by atoms with Crippen molar-refractivity contribution < 1.29 is 9.59 Å². The molecule has 2 aliphatic rings. The highest BCUT2D eigenvalue weighted by molar-refractivity contribution is 5.94. The lowest BCUT2D eigenvalue weighted by Crippen LogP contribution is -2.49. The summed E-state index contributed by atoms with van der Waals surface area (Å²) < 4.78 is 0. The molecule has 4 rings (SSSR count). The molecule has 0 N–H and O–H groups in total. The molecule has 0 radical (unpaired) electrons. The molecule has 2 amide bonds. The zero-order valence-electron chi connectivity index (χ0n) is 15.1. The molecule has 1 spiro atoms. The molecular formula is C19H22N6O2. The summed E-state index contributed by atoms with van der Waals surface area (Å²) in [6.07, 6.45) is 11.6. The molecule has 2 saturated heterocycles. The molecule has 2 aromatic heterocycles. The van der Waals surface area contributed by atoms with Gasteiger partial charge in [-0.05, 0) is 37.2 Å². The Morgan fingerprint density at radius 1 is 0.815 bits per heavy atom. The molecule has 8 heteroatoms. The molecule has 0 aromatic carbocycles. The van der Waals surface area contributed by atoms with Gasteiger partial charge in [0.15, 0.2) is 0 Å². The lowest BCUT2D eigenvalue weighted by atomic mass is 9.71. The van der Waals surface area contributed by atoms with Gasteiger partial charge in [-0.2, -0.15) is 10.2 Å². The standard InChI is InChI=1S/C19H22N6O2/c26-17(15-1-6-22-23-13-15)24-9-2-19(3-10-24)4-11-25(12-5-19)18(27)16-14-20-7-8-21-16/h1,6-8,13-14H,2-5,9-12H2. The second-order valence-corrected chi connectivity index (χ2v) is 7.31. The Hall–Kier alpha value is -2.90. The van der Waals surface area contributed by atoms with Crippen LogP contribution in [0.1, 0.15) is 46.5 Å². The van der Waals surface area contributed by atoms with Crippen molar-refractivity contribution >= 4 is 11.8 Å². The number of hydrogen-bond donors (Lipinski definition) is 0. The quantitative estimate of drug-likeness (QED) is 0.798. The molecule has 2 fully saturated rings. The number of aromatic nitrogens is 4. The minimum Gasteiger partial charge on any atom is -0.339 e. The summed E-state index contributed by atoms with van der Waals surface area (Å²) in [7, 11) is 0. The third kappa shape index (κ3) is 3.65. The summed E-state index contributed by atoms with van der Waals surface area (Å²) in [5, 5.41) is 7.51. The molecule has 0 bridgehead atoms. The van der Waals surface area contributed by atoms with Crippen molar-refractivity contribution in [3.8, 4) is 0 Å². The number of piperidine rings is 2. The van der Waals surface area contributed by atoms with Crippen LogP contribution in [-0.4, -0.2) is 68.0 Å². The van der Waals surface area contributed by atoms with Crippen LogP contribution < -0.4 is 0 Å². The molecule has 0 aliphatic carbocycles. The Morgan fingerprint density at radius 3 is 2.04 bits per heavy atom. The highest BCUT2D eigenvalue weighted by atomic mass is 16.2. The summed E-state index contributed by atoms with van der Waals surface area (Å²) >= 11 is 0. The normalized spacial score (nSPS) is 19.1. The van der Waals surface area contributed by atoms with Crippen LogP contribution in [0.2, 0.25) is 0 Å². The van der Waals surface area contributed by atoms with Crippen LogP contribution >= 0.6 is 0 Å². The van der Waals surface area contributed by atoms with Crippen molar-refractivity contribution in [1.29, 1.82) is 0 Å². The second-order valence-electron chi connectivity index (χ2n) is 7.31. The van der Waals surface area contributed by atoms with Gasteiger partial charge in [-0.3, -0.25) is 14.6 Å². The molecule has 0 atom stereocenters. The Morgan fingerprint density at radius 2 is 1.48 bits per heavy atom. The van der Waals surface area contributed by atoms with Crippen molar-refractivity contribution in [2.45, 2.75) is 25.7 Å². The number of likely N-dealkylation sites (tertiary alicyclic amines) is 2. The Bertz CT molecular complexity index is 724. The predicted octanol–water partition coefficient (Wildman–Crippen LogP) is 1.43. The second kappa shape index (κ2) is 7.38. The smallest absolute Gasteiger partial charge is 0.274 e. The van der Waals surface area contributed by atoms with E-state index in [4.69, 9.17) is 0 Å². The van der Waals surface area contributed by atoms with Crippen molar-refractivity contribution in [3.05, 3.63) is 48.3 Å². The summed E-state index contributed by atoms with van der Waals surface area (Å²) in [6.45, 7) is 2.97. The first-order chi connectivity index (χ1) is 13.2. The summed E-state index contributed by atoms with van der Waals surface area (Å²) in [5.74, 6) is -0.0224. The van der Waals surface area contributed by atoms with Crippen molar-refractivity contribution in [1.82, 2.24) is 30.0 Å². The van der Waals surface area contributed by atoms with E-state index >= 15 is 0 Å². The molecule has 8 nitrogen and oxygen atoms in total. The van der Waals surface area contributed by atoms with Crippen molar-refractivity contribution in [2.24, 2.45) is 5.41 Å². The van der Waals surface area contributed by atoms with Gasteiger partial charge in [0.25, 0.3) is 11.8 Å². The molecule has 0 saturated carbocycles. The van der Waals surface area contributed by atoms with E-state index in [0.29, 0.717) is 11.3 Å². The Kier molecular flexibility index (Phi) is 4.79. The van der Waals surface area contributed by atoms with E-state index in [1.54, 1.807) is 24.7 Å². The molecule has 0 unspecified atom stereocenters. The fourth-order valence-electron chi connectivity index (χ4n) is 4.04. The molecular weight excluding hydrogens is 344 g/mol. The van der Waals surface area contributed by atoms with Gasteiger partial charge in [-0.1, -0.05) is 0 Å². The number of nitrogens with zero attached hydrogens (tertiary/aromatic N) is 6. The Balaban J connectivity index is 1.32. The molecule has 27 heavy (non-hydrogen) atoms. The lowest BCUT2D eigenvalue weighted by molar-refractivity contribution is 0.0278. The fraction of sp³-hybridized carbons (Fsp3) is 0.474. The zero-order chi connectivity index (χ0) is 18.7.